The number of carbonyl (C=O) groups excluding carboxylic acids is 2. The van der Waals surface area contributed by atoms with Crippen LogP contribution in [0.1, 0.15) is 24.2 Å². The first-order valence-electron chi connectivity index (χ1n) is 8.93. The minimum atomic E-state index is -0.890. The third-order valence-corrected chi connectivity index (χ3v) is 4.98. The van der Waals surface area contributed by atoms with Gasteiger partial charge in [0.2, 0.25) is 0 Å². The molecular weight excluding hydrogens is 440 g/mol. The van der Waals surface area contributed by atoms with Crippen molar-refractivity contribution in [3.63, 3.8) is 0 Å². The highest BCUT2D eigenvalue weighted by molar-refractivity contribution is 9.10. The summed E-state index contributed by atoms with van der Waals surface area (Å²) in [6.07, 6.45) is 0. The number of halogens is 1. The third kappa shape index (κ3) is 4.68. The smallest absolute Gasteiger partial charge is 0.330 e. The van der Waals surface area contributed by atoms with E-state index in [2.05, 4.69) is 31.6 Å². The molecule has 9 heteroatoms. The summed E-state index contributed by atoms with van der Waals surface area (Å²) in [6, 6.07) is 12.8. The summed E-state index contributed by atoms with van der Waals surface area (Å²) in [5.74, 6) is -1.30. The Morgan fingerprint density at radius 1 is 1.14 bits per heavy atom. The average Bonchev–Trinajstić information content (AvgIpc) is 2.71. The second-order valence-corrected chi connectivity index (χ2v) is 7.53. The largest absolute Gasteiger partial charge is 0.441 e. The molecule has 0 fully saturated rings. The van der Waals surface area contributed by atoms with Crippen LogP contribution in [0, 0.1) is 5.92 Å². The molecule has 0 aliphatic heterocycles. The van der Waals surface area contributed by atoms with E-state index >= 15 is 0 Å². The number of benzene rings is 2. The Balaban J connectivity index is 1.72. The van der Waals surface area contributed by atoms with Crippen molar-refractivity contribution in [2.45, 2.75) is 26.6 Å². The minimum absolute atomic E-state index is 0.228. The maximum absolute atomic E-state index is 12.6. The predicted octanol–water partition coefficient (Wildman–Crippen LogP) is 2.51. The number of esters is 1. The molecule has 150 valence electrons. The molecule has 1 amide bonds. The molecule has 0 aliphatic rings. The van der Waals surface area contributed by atoms with E-state index < -0.39 is 30.2 Å². The van der Waals surface area contributed by atoms with Gasteiger partial charge in [-0.3, -0.25) is 9.59 Å². The van der Waals surface area contributed by atoms with E-state index in [1.807, 2.05) is 0 Å². The van der Waals surface area contributed by atoms with Crippen LogP contribution in [0.5, 0.6) is 0 Å². The van der Waals surface area contributed by atoms with Gasteiger partial charge in [0.1, 0.15) is 11.6 Å². The summed E-state index contributed by atoms with van der Waals surface area (Å²) >= 11 is 3.32. The van der Waals surface area contributed by atoms with Crippen molar-refractivity contribution in [3.8, 4) is 0 Å². The van der Waals surface area contributed by atoms with Crippen LogP contribution in [0.3, 0.4) is 0 Å². The van der Waals surface area contributed by atoms with Crippen LogP contribution in [0.15, 0.2) is 57.8 Å². The van der Waals surface area contributed by atoms with Crippen molar-refractivity contribution in [1.29, 1.82) is 0 Å². The standard InChI is InChI=1S/C20H19BrN4O4/c1-12(2)17(22-18(26)13-7-3-5-9-15(13)21)20(28)29-11-25-19(27)14-8-4-6-10-16(14)23-24-25/h3-10,12,17H,11H2,1-2H3,(H,22,26). The highest BCUT2D eigenvalue weighted by Crippen LogP contribution is 2.16. The molecule has 1 atom stereocenters. The summed E-state index contributed by atoms with van der Waals surface area (Å²) in [5, 5.41) is 10.8. The number of carbonyl (C=O) groups is 2. The van der Waals surface area contributed by atoms with Gasteiger partial charge in [-0.2, -0.15) is 4.68 Å². The number of rotatable bonds is 6. The molecule has 29 heavy (non-hydrogen) atoms. The lowest BCUT2D eigenvalue weighted by atomic mass is 10.0. The lowest BCUT2D eigenvalue weighted by Crippen LogP contribution is -2.45. The molecule has 1 unspecified atom stereocenters. The Morgan fingerprint density at radius 3 is 2.55 bits per heavy atom. The first-order valence-corrected chi connectivity index (χ1v) is 9.72. The molecule has 0 aliphatic carbocycles. The third-order valence-electron chi connectivity index (χ3n) is 4.28. The number of amides is 1. The highest BCUT2D eigenvalue weighted by Gasteiger charge is 2.27. The Morgan fingerprint density at radius 2 is 1.83 bits per heavy atom. The molecular formula is C20H19BrN4O4. The van der Waals surface area contributed by atoms with Crippen molar-refractivity contribution in [3.05, 3.63) is 68.9 Å². The Kier molecular flexibility index (Phi) is 6.38. The van der Waals surface area contributed by atoms with Crippen LogP contribution in [0.25, 0.3) is 10.9 Å². The van der Waals surface area contributed by atoms with Gasteiger partial charge in [0.25, 0.3) is 11.5 Å². The summed E-state index contributed by atoms with van der Waals surface area (Å²) in [6.45, 7) is 3.17. The lowest BCUT2D eigenvalue weighted by Gasteiger charge is -2.21. The summed E-state index contributed by atoms with van der Waals surface area (Å²) in [4.78, 5) is 37.5. The molecule has 0 radical (unpaired) electrons. The molecule has 0 saturated carbocycles. The maximum atomic E-state index is 12.6. The zero-order valence-electron chi connectivity index (χ0n) is 15.8. The Hall–Kier alpha value is -3.07. The van der Waals surface area contributed by atoms with E-state index in [4.69, 9.17) is 4.74 Å². The van der Waals surface area contributed by atoms with Gasteiger partial charge < -0.3 is 10.1 Å². The van der Waals surface area contributed by atoms with E-state index in [1.54, 1.807) is 62.4 Å². The van der Waals surface area contributed by atoms with Gasteiger partial charge in [-0.25, -0.2) is 4.79 Å². The number of aromatic nitrogens is 3. The van der Waals surface area contributed by atoms with Crippen LogP contribution >= 0.6 is 15.9 Å². The summed E-state index contributed by atoms with van der Waals surface area (Å²) in [5.41, 5.74) is 0.449. The van der Waals surface area contributed by atoms with E-state index in [9.17, 15) is 14.4 Å². The number of nitrogens with one attached hydrogen (secondary N) is 1. The van der Waals surface area contributed by atoms with Crippen molar-refractivity contribution in [1.82, 2.24) is 20.3 Å². The molecule has 3 rings (SSSR count). The SMILES string of the molecule is CC(C)C(NC(=O)c1ccccc1Br)C(=O)OCn1nnc2ccccc2c1=O. The second-order valence-electron chi connectivity index (χ2n) is 6.68. The lowest BCUT2D eigenvalue weighted by molar-refractivity contribution is -0.151. The highest BCUT2D eigenvalue weighted by atomic mass is 79.9. The normalized spacial score (nSPS) is 12.0. The van der Waals surface area contributed by atoms with Crippen molar-refractivity contribution >= 4 is 38.7 Å². The molecule has 0 spiro atoms. The number of fused-ring (bicyclic) bond motifs is 1. The van der Waals surface area contributed by atoms with Gasteiger partial charge in [-0.15, -0.1) is 5.10 Å². The Labute approximate surface area is 175 Å². The second kappa shape index (κ2) is 8.95. The van der Waals surface area contributed by atoms with Crippen LogP contribution in [-0.4, -0.2) is 32.9 Å². The van der Waals surface area contributed by atoms with Crippen molar-refractivity contribution < 1.29 is 14.3 Å². The molecule has 1 heterocycles. The van der Waals surface area contributed by atoms with Gasteiger partial charge >= 0.3 is 5.97 Å². The maximum Gasteiger partial charge on any atom is 0.330 e. The number of hydrogen-bond donors (Lipinski definition) is 1. The van der Waals surface area contributed by atoms with Crippen molar-refractivity contribution in [2.24, 2.45) is 5.92 Å². The van der Waals surface area contributed by atoms with Gasteiger partial charge in [0.15, 0.2) is 6.73 Å². The van der Waals surface area contributed by atoms with Crippen molar-refractivity contribution in [2.75, 3.05) is 0 Å². The molecule has 1 aromatic heterocycles. The van der Waals surface area contributed by atoms with Gasteiger partial charge in [-0.1, -0.05) is 43.3 Å². The fraction of sp³-hybridized carbons (Fsp3) is 0.250. The number of ether oxygens (including phenoxy) is 1. The topological polar surface area (TPSA) is 103 Å². The molecule has 3 aromatic rings. The molecule has 0 saturated heterocycles. The molecule has 8 nitrogen and oxygen atoms in total. The Bertz CT molecular complexity index is 1110. The van der Waals surface area contributed by atoms with Gasteiger partial charge in [0, 0.05) is 4.47 Å². The zero-order chi connectivity index (χ0) is 21.0. The minimum Gasteiger partial charge on any atom is -0.441 e. The first kappa shape index (κ1) is 20.7. The van der Waals surface area contributed by atoms with E-state index in [0.29, 0.717) is 20.9 Å². The van der Waals surface area contributed by atoms with E-state index in [-0.39, 0.29) is 5.92 Å². The summed E-state index contributed by atoms with van der Waals surface area (Å²) < 4.78 is 6.83. The number of nitrogens with zero attached hydrogens (tertiary/aromatic N) is 3. The van der Waals surface area contributed by atoms with Gasteiger partial charge in [0.05, 0.1) is 10.9 Å². The fourth-order valence-corrected chi connectivity index (χ4v) is 3.15. The summed E-state index contributed by atoms with van der Waals surface area (Å²) in [7, 11) is 0. The fourth-order valence-electron chi connectivity index (χ4n) is 2.68. The van der Waals surface area contributed by atoms with E-state index in [1.165, 1.54) is 0 Å². The van der Waals surface area contributed by atoms with Crippen LogP contribution in [0.2, 0.25) is 0 Å². The van der Waals surface area contributed by atoms with Crippen LogP contribution in [0.4, 0.5) is 0 Å². The molecule has 2 aromatic carbocycles. The first-order chi connectivity index (χ1) is 13.9. The van der Waals surface area contributed by atoms with Crippen LogP contribution in [-0.2, 0) is 16.3 Å². The van der Waals surface area contributed by atoms with Crippen LogP contribution < -0.4 is 10.9 Å². The zero-order valence-corrected chi connectivity index (χ0v) is 17.4. The molecule has 1 N–H and O–H groups in total. The van der Waals surface area contributed by atoms with Gasteiger partial charge in [-0.05, 0) is 46.1 Å². The average molecular weight is 459 g/mol. The number of hydrogen-bond acceptors (Lipinski definition) is 6. The predicted molar refractivity (Wildman–Crippen MR) is 110 cm³/mol. The quantitative estimate of drug-likeness (QED) is 0.569. The van der Waals surface area contributed by atoms with E-state index in [0.717, 1.165) is 4.68 Å². The molecule has 0 bridgehead atoms. The monoisotopic (exact) mass is 458 g/mol.